The molecule has 1 aliphatic heterocycles. The number of hydrogen-bond acceptors (Lipinski definition) is 5. The molecule has 0 saturated heterocycles. The minimum absolute atomic E-state index is 0.395. The maximum absolute atomic E-state index is 5.83. The lowest BCUT2D eigenvalue weighted by molar-refractivity contribution is 0.553. The van der Waals surface area contributed by atoms with Crippen molar-refractivity contribution < 1.29 is 0 Å². The highest BCUT2D eigenvalue weighted by atomic mass is 15.2. The van der Waals surface area contributed by atoms with Crippen molar-refractivity contribution >= 4 is 11.8 Å². The fourth-order valence-electron chi connectivity index (χ4n) is 2.50. The molecule has 5 heteroatoms. The second-order valence-electron chi connectivity index (χ2n) is 5.72. The van der Waals surface area contributed by atoms with Crippen molar-refractivity contribution in [3.05, 3.63) is 11.3 Å². The van der Waals surface area contributed by atoms with Crippen LogP contribution in [0.3, 0.4) is 0 Å². The SMILES string of the molecule is CC(C)CCCN(C)c1nc(N)nc2c1CNCC2. The van der Waals surface area contributed by atoms with E-state index in [2.05, 4.69) is 41.1 Å². The summed E-state index contributed by atoms with van der Waals surface area (Å²) in [5, 5.41) is 3.38. The summed E-state index contributed by atoms with van der Waals surface area (Å²) in [5.41, 5.74) is 8.15. The molecule has 0 spiro atoms. The minimum Gasteiger partial charge on any atom is -0.368 e. The Morgan fingerprint density at radius 2 is 2.16 bits per heavy atom. The van der Waals surface area contributed by atoms with Crippen LogP contribution in [0.15, 0.2) is 0 Å². The van der Waals surface area contributed by atoms with Crippen LogP contribution in [0.2, 0.25) is 0 Å². The van der Waals surface area contributed by atoms with E-state index in [1.165, 1.54) is 18.4 Å². The van der Waals surface area contributed by atoms with E-state index in [1.54, 1.807) is 0 Å². The molecule has 3 N–H and O–H groups in total. The van der Waals surface area contributed by atoms with E-state index in [0.717, 1.165) is 43.5 Å². The van der Waals surface area contributed by atoms with Gasteiger partial charge in [0.1, 0.15) is 5.82 Å². The van der Waals surface area contributed by atoms with Crippen molar-refractivity contribution in [3.8, 4) is 0 Å². The second kappa shape index (κ2) is 6.19. The fraction of sp³-hybridized carbons (Fsp3) is 0.714. The van der Waals surface area contributed by atoms with Gasteiger partial charge in [-0.2, -0.15) is 4.98 Å². The van der Waals surface area contributed by atoms with Gasteiger partial charge in [-0.25, -0.2) is 4.98 Å². The van der Waals surface area contributed by atoms with Gasteiger partial charge >= 0.3 is 0 Å². The van der Waals surface area contributed by atoms with Crippen molar-refractivity contribution in [1.82, 2.24) is 15.3 Å². The summed E-state index contributed by atoms with van der Waals surface area (Å²) in [7, 11) is 2.09. The fourth-order valence-corrected chi connectivity index (χ4v) is 2.50. The second-order valence-corrected chi connectivity index (χ2v) is 5.72. The number of aromatic nitrogens is 2. The van der Waals surface area contributed by atoms with Gasteiger partial charge < -0.3 is 16.0 Å². The van der Waals surface area contributed by atoms with Crippen molar-refractivity contribution in [1.29, 1.82) is 0 Å². The maximum atomic E-state index is 5.83. The number of nitrogen functional groups attached to an aromatic ring is 1. The third kappa shape index (κ3) is 3.56. The van der Waals surface area contributed by atoms with Gasteiger partial charge in [0.2, 0.25) is 5.95 Å². The first kappa shape index (κ1) is 14.1. The summed E-state index contributed by atoms with van der Waals surface area (Å²) < 4.78 is 0. The molecule has 1 aromatic rings. The monoisotopic (exact) mass is 263 g/mol. The molecule has 2 heterocycles. The zero-order valence-corrected chi connectivity index (χ0v) is 12.2. The molecule has 0 aliphatic carbocycles. The molecule has 0 saturated carbocycles. The summed E-state index contributed by atoms with van der Waals surface area (Å²) in [5.74, 6) is 2.14. The average molecular weight is 263 g/mol. The summed E-state index contributed by atoms with van der Waals surface area (Å²) in [6, 6.07) is 0. The van der Waals surface area contributed by atoms with Crippen molar-refractivity contribution in [3.63, 3.8) is 0 Å². The lowest BCUT2D eigenvalue weighted by atomic mass is 10.1. The van der Waals surface area contributed by atoms with Crippen molar-refractivity contribution in [2.45, 2.75) is 39.7 Å². The van der Waals surface area contributed by atoms with Crippen LogP contribution in [0.25, 0.3) is 0 Å². The molecule has 1 aromatic heterocycles. The Balaban J connectivity index is 2.12. The maximum Gasteiger partial charge on any atom is 0.222 e. The molecule has 0 amide bonds. The molecule has 1 aliphatic rings. The number of nitrogens with two attached hydrogens (primary N) is 1. The molecule has 19 heavy (non-hydrogen) atoms. The van der Waals surface area contributed by atoms with Crippen molar-refractivity contribution in [2.24, 2.45) is 5.92 Å². The zero-order valence-electron chi connectivity index (χ0n) is 12.2. The molecule has 2 rings (SSSR count). The van der Waals surface area contributed by atoms with E-state index in [9.17, 15) is 0 Å². The number of nitrogens with zero attached hydrogens (tertiary/aromatic N) is 3. The minimum atomic E-state index is 0.395. The van der Waals surface area contributed by atoms with Gasteiger partial charge in [0.25, 0.3) is 0 Å². The van der Waals surface area contributed by atoms with E-state index in [4.69, 9.17) is 5.73 Å². The molecule has 0 fully saturated rings. The Kier molecular flexibility index (Phi) is 4.58. The van der Waals surface area contributed by atoms with Crippen LogP contribution in [-0.4, -0.2) is 30.1 Å². The number of nitrogens with one attached hydrogen (secondary N) is 1. The van der Waals surface area contributed by atoms with Crippen LogP contribution in [-0.2, 0) is 13.0 Å². The van der Waals surface area contributed by atoms with Gasteiger partial charge in [0.05, 0.1) is 5.69 Å². The highest BCUT2D eigenvalue weighted by molar-refractivity contribution is 5.52. The highest BCUT2D eigenvalue weighted by Gasteiger charge is 2.19. The molecule has 0 atom stereocenters. The quantitative estimate of drug-likeness (QED) is 0.844. The van der Waals surface area contributed by atoms with E-state index in [1.807, 2.05) is 0 Å². The third-order valence-corrected chi connectivity index (χ3v) is 3.57. The standard InChI is InChI=1S/C14H25N5/c1-10(2)5-4-8-19(3)13-11-9-16-7-6-12(11)17-14(15)18-13/h10,16H,4-9H2,1-3H3,(H2,15,17,18). The molecule has 0 bridgehead atoms. The van der Waals surface area contributed by atoms with Gasteiger partial charge in [-0.3, -0.25) is 0 Å². The summed E-state index contributed by atoms with van der Waals surface area (Å²) in [6.07, 6.45) is 3.36. The lowest BCUT2D eigenvalue weighted by Crippen LogP contribution is -2.30. The third-order valence-electron chi connectivity index (χ3n) is 3.57. The van der Waals surface area contributed by atoms with Crippen LogP contribution in [0.4, 0.5) is 11.8 Å². The average Bonchev–Trinajstić information content (AvgIpc) is 2.37. The van der Waals surface area contributed by atoms with Gasteiger partial charge in [-0.1, -0.05) is 13.8 Å². The van der Waals surface area contributed by atoms with Gasteiger partial charge in [-0.15, -0.1) is 0 Å². The summed E-state index contributed by atoms with van der Waals surface area (Å²) >= 11 is 0. The largest absolute Gasteiger partial charge is 0.368 e. The van der Waals surface area contributed by atoms with Crippen LogP contribution < -0.4 is 16.0 Å². The Morgan fingerprint density at radius 3 is 2.89 bits per heavy atom. The summed E-state index contributed by atoms with van der Waals surface area (Å²) in [4.78, 5) is 11.0. The Labute approximate surface area is 115 Å². The number of hydrogen-bond donors (Lipinski definition) is 2. The van der Waals surface area contributed by atoms with Crippen LogP contribution >= 0.6 is 0 Å². The zero-order chi connectivity index (χ0) is 13.8. The predicted octanol–water partition coefficient (Wildman–Crippen LogP) is 1.58. The Hall–Kier alpha value is -1.36. The number of anilines is 2. The number of rotatable bonds is 5. The van der Waals surface area contributed by atoms with Gasteiger partial charge in [-0.05, 0) is 18.8 Å². The van der Waals surface area contributed by atoms with Crippen LogP contribution in [0, 0.1) is 5.92 Å². The lowest BCUT2D eigenvalue weighted by Gasteiger charge is -2.25. The molecular formula is C14H25N5. The van der Waals surface area contributed by atoms with E-state index in [0.29, 0.717) is 5.95 Å². The molecule has 106 valence electrons. The predicted molar refractivity (Wildman–Crippen MR) is 79.2 cm³/mol. The first-order valence-corrected chi connectivity index (χ1v) is 7.15. The van der Waals surface area contributed by atoms with Gasteiger partial charge in [0.15, 0.2) is 0 Å². The first-order valence-electron chi connectivity index (χ1n) is 7.15. The molecule has 0 aromatic carbocycles. The van der Waals surface area contributed by atoms with E-state index < -0.39 is 0 Å². The molecule has 0 radical (unpaired) electrons. The topological polar surface area (TPSA) is 67.1 Å². The molecular weight excluding hydrogens is 238 g/mol. The van der Waals surface area contributed by atoms with Crippen LogP contribution in [0.1, 0.15) is 37.9 Å². The Morgan fingerprint density at radius 1 is 1.37 bits per heavy atom. The molecule has 5 nitrogen and oxygen atoms in total. The van der Waals surface area contributed by atoms with E-state index >= 15 is 0 Å². The summed E-state index contributed by atoms with van der Waals surface area (Å²) in [6.45, 7) is 7.35. The molecule has 0 unspecified atom stereocenters. The first-order chi connectivity index (χ1) is 9.08. The number of fused-ring (bicyclic) bond motifs is 1. The smallest absolute Gasteiger partial charge is 0.222 e. The Bertz CT molecular complexity index is 430. The van der Waals surface area contributed by atoms with Crippen LogP contribution in [0.5, 0.6) is 0 Å². The van der Waals surface area contributed by atoms with Gasteiger partial charge in [0, 0.05) is 38.7 Å². The normalized spacial score (nSPS) is 14.5. The van der Waals surface area contributed by atoms with Crippen molar-refractivity contribution in [2.75, 3.05) is 30.8 Å². The van der Waals surface area contributed by atoms with E-state index in [-0.39, 0.29) is 0 Å². The highest BCUT2D eigenvalue weighted by Crippen LogP contribution is 2.23.